The number of hydrogen-bond acceptors (Lipinski definition) is 6. The lowest BCUT2D eigenvalue weighted by Crippen LogP contribution is -2.42. The summed E-state index contributed by atoms with van der Waals surface area (Å²) in [6.07, 6.45) is 5.07. The van der Waals surface area contributed by atoms with Gasteiger partial charge in [-0.25, -0.2) is 13.4 Å². The van der Waals surface area contributed by atoms with Gasteiger partial charge in [0.05, 0.1) is 28.1 Å². The maximum atomic E-state index is 12.9. The Labute approximate surface area is 155 Å². The van der Waals surface area contributed by atoms with Gasteiger partial charge in [0, 0.05) is 19.8 Å². The first-order valence-electron chi connectivity index (χ1n) is 8.01. The van der Waals surface area contributed by atoms with Crippen LogP contribution in [0.1, 0.15) is 5.01 Å². The first-order chi connectivity index (χ1) is 12.4. The topological polar surface area (TPSA) is 82.9 Å². The summed E-state index contributed by atoms with van der Waals surface area (Å²) in [5.74, 6) is -0.140. The quantitative estimate of drug-likeness (QED) is 0.800. The highest BCUT2D eigenvalue weighted by Crippen LogP contribution is 2.24. The molecule has 1 aromatic carbocycles. The summed E-state index contributed by atoms with van der Waals surface area (Å²) in [5, 5.41) is 0.823. The molecule has 2 aliphatic heterocycles. The van der Waals surface area contributed by atoms with Crippen LogP contribution in [0, 0.1) is 0 Å². The van der Waals surface area contributed by atoms with Gasteiger partial charge in [-0.15, -0.1) is 15.7 Å². The third-order valence-electron chi connectivity index (χ3n) is 4.15. The van der Waals surface area contributed by atoms with Crippen LogP contribution in [0.3, 0.4) is 0 Å². The number of carbonyl (C=O) groups excluding carboxylic acids is 1. The zero-order valence-electron chi connectivity index (χ0n) is 14.0. The molecule has 3 heterocycles. The van der Waals surface area contributed by atoms with Gasteiger partial charge >= 0.3 is 0 Å². The van der Waals surface area contributed by atoms with E-state index in [9.17, 15) is 13.2 Å². The van der Waals surface area contributed by atoms with Crippen LogP contribution in [0.5, 0.6) is 0 Å². The summed E-state index contributed by atoms with van der Waals surface area (Å²) in [7, 11) is -1.85. The van der Waals surface area contributed by atoms with Crippen molar-refractivity contribution in [3.05, 3.63) is 53.2 Å². The number of amidine groups is 1. The van der Waals surface area contributed by atoms with Gasteiger partial charge in [0.15, 0.2) is 5.84 Å². The third-order valence-corrected chi connectivity index (χ3v) is 6.32. The number of para-hydroxylation sites is 1. The molecule has 0 saturated heterocycles. The van der Waals surface area contributed by atoms with Crippen molar-refractivity contribution in [1.29, 1.82) is 0 Å². The largest absolute Gasteiger partial charge is 0.335 e. The van der Waals surface area contributed by atoms with Crippen LogP contribution < -0.4 is 0 Å². The molecule has 26 heavy (non-hydrogen) atoms. The molecule has 9 heteroatoms. The summed E-state index contributed by atoms with van der Waals surface area (Å²) >= 11 is 1.54. The van der Waals surface area contributed by atoms with E-state index in [1.165, 1.54) is 16.2 Å². The molecule has 2 aliphatic rings. The average molecular weight is 388 g/mol. The van der Waals surface area contributed by atoms with Crippen molar-refractivity contribution in [2.24, 2.45) is 4.40 Å². The highest BCUT2D eigenvalue weighted by molar-refractivity contribution is 7.90. The van der Waals surface area contributed by atoms with Gasteiger partial charge in [-0.3, -0.25) is 4.79 Å². The van der Waals surface area contributed by atoms with E-state index >= 15 is 0 Å². The number of carbonyl (C=O) groups is 1. The number of thiazole rings is 1. The van der Waals surface area contributed by atoms with E-state index in [0.717, 1.165) is 15.2 Å². The fourth-order valence-electron chi connectivity index (χ4n) is 2.85. The van der Waals surface area contributed by atoms with E-state index in [0.29, 0.717) is 13.1 Å². The van der Waals surface area contributed by atoms with Crippen LogP contribution in [0.15, 0.2) is 52.6 Å². The van der Waals surface area contributed by atoms with Crippen molar-refractivity contribution in [1.82, 2.24) is 14.8 Å². The fraction of sp³-hybridized carbons (Fsp3) is 0.235. The third kappa shape index (κ3) is 3.15. The van der Waals surface area contributed by atoms with Crippen LogP contribution in [-0.4, -0.2) is 54.3 Å². The predicted molar refractivity (Wildman–Crippen MR) is 101 cm³/mol. The van der Waals surface area contributed by atoms with Gasteiger partial charge in [-0.05, 0) is 24.3 Å². The zero-order valence-corrected chi connectivity index (χ0v) is 15.6. The van der Waals surface area contributed by atoms with Gasteiger partial charge in [0.1, 0.15) is 5.01 Å². The minimum atomic E-state index is -3.53. The second kappa shape index (κ2) is 6.33. The molecular weight excluding hydrogens is 372 g/mol. The minimum Gasteiger partial charge on any atom is -0.335 e. The number of nitrogens with zero attached hydrogens (tertiary/aromatic N) is 4. The van der Waals surface area contributed by atoms with Crippen LogP contribution in [0.4, 0.5) is 0 Å². The normalized spacial score (nSPS) is 18.3. The Morgan fingerprint density at radius 2 is 2.15 bits per heavy atom. The van der Waals surface area contributed by atoms with Crippen molar-refractivity contribution in [3.63, 3.8) is 0 Å². The Morgan fingerprint density at radius 3 is 2.96 bits per heavy atom. The van der Waals surface area contributed by atoms with E-state index in [1.54, 1.807) is 30.3 Å². The second-order valence-corrected chi connectivity index (χ2v) is 8.92. The van der Waals surface area contributed by atoms with E-state index in [4.69, 9.17) is 0 Å². The molecule has 0 atom stereocenters. The van der Waals surface area contributed by atoms with Gasteiger partial charge in [0.25, 0.3) is 15.9 Å². The van der Waals surface area contributed by atoms with Crippen molar-refractivity contribution in [2.75, 3.05) is 19.3 Å². The molecule has 0 N–H and O–H groups in total. The second-order valence-electron chi connectivity index (χ2n) is 6.05. The first kappa shape index (κ1) is 16.9. The molecule has 2 aromatic rings. The van der Waals surface area contributed by atoms with E-state index in [1.807, 2.05) is 24.3 Å². The summed E-state index contributed by atoms with van der Waals surface area (Å²) in [4.78, 5) is 20.6. The van der Waals surface area contributed by atoms with Crippen molar-refractivity contribution in [3.8, 4) is 0 Å². The Bertz CT molecular complexity index is 1050. The molecule has 0 aliphatic carbocycles. The summed E-state index contributed by atoms with van der Waals surface area (Å²) < 4.78 is 28.5. The molecule has 4 rings (SSSR count). The molecule has 0 unspecified atom stereocenters. The number of likely N-dealkylation sites (N-methyl/N-ethyl adjacent to an activating group) is 1. The maximum absolute atomic E-state index is 12.9. The number of rotatable bonds is 3. The Hall–Kier alpha value is -2.52. The van der Waals surface area contributed by atoms with Crippen LogP contribution in [-0.2, 0) is 21.4 Å². The Morgan fingerprint density at radius 1 is 1.35 bits per heavy atom. The lowest BCUT2D eigenvalue weighted by molar-refractivity contribution is -0.125. The lowest BCUT2D eigenvalue weighted by Gasteiger charge is -2.30. The molecule has 0 fully saturated rings. The molecule has 1 aromatic heterocycles. The molecule has 134 valence electrons. The smallest absolute Gasteiger partial charge is 0.257 e. The van der Waals surface area contributed by atoms with Crippen LogP contribution >= 0.6 is 11.3 Å². The average Bonchev–Trinajstić information content (AvgIpc) is 3.02. The number of hydrogen-bond donors (Lipinski definition) is 0. The zero-order chi connectivity index (χ0) is 18.3. The molecular formula is C17H16N4O3S2. The summed E-state index contributed by atoms with van der Waals surface area (Å²) in [6, 6.07) is 7.81. The van der Waals surface area contributed by atoms with E-state index in [-0.39, 0.29) is 23.1 Å². The van der Waals surface area contributed by atoms with Gasteiger partial charge in [-0.2, -0.15) is 0 Å². The Balaban J connectivity index is 1.59. The monoisotopic (exact) mass is 388 g/mol. The minimum absolute atomic E-state index is 0.0517. The van der Waals surface area contributed by atoms with Crippen LogP contribution in [0.25, 0.3) is 10.2 Å². The lowest BCUT2D eigenvalue weighted by atomic mass is 10.1. The number of sulfonamides is 1. The highest BCUT2D eigenvalue weighted by atomic mass is 32.2. The number of allylic oxidation sites excluding steroid dienone is 2. The number of amides is 1. The number of aromatic nitrogens is 1. The summed E-state index contributed by atoms with van der Waals surface area (Å²) in [6.45, 7) is 0.642. The molecule has 1 amide bonds. The maximum Gasteiger partial charge on any atom is 0.257 e. The van der Waals surface area contributed by atoms with E-state index in [2.05, 4.69) is 9.38 Å². The molecule has 0 saturated carbocycles. The van der Waals surface area contributed by atoms with Gasteiger partial charge in [-0.1, -0.05) is 12.1 Å². The fourth-order valence-corrected chi connectivity index (χ4v) is 4.86. The van der Waals surface area contributed by atoms with Crippen molar-refractivity contribution in [2.45, 2.75) is 6.54 Å². The van der Waals surface area contributed by atoms with Gasteiger partial charge < -0.3 is 9.80 Å². The molecule has 0 spiro atoms. The summed E-state index contributed by atoms with van der Waals surface area (Å²) in [5.41, 5.74) is 1.18. The Kier molecular flexibility index (Phi) is 4.12. The van der Waals surface area contributed by atoms with Crippen molar-refractivity contribution >= 4 is 43.3 Å². The van der Waals surface area contributed by atoms with E-state index < -0.39 is 10.0 Å². The first-order valence-corrected chi connectivity index (χ1v) is 10.4. The predicted octanol–water partition coefficient (Wildman–Crippen LogP) is 1.75. The van der Waals surface area contributed by atoms with Gasteiger partial charge in [0.2, 0.25) is 0 Å². The number of benzene rings is 1. The number of fused-ring (bicyclic) bond motifs is 2. The molecule has 0 radical (unpaired) electrons. The standard InChI is InChI=1S/C17H16N4O3S2/c1-20(11-15-18-13-6-2-3-7-14(13)25-15)17(22)12-5-4-8-21-9-10-26(23,24)19-16(12)21/h2-8H,9-11H2,1H3. The molecule has 0 bridgehead atoms. The SMILES string of the molecule is CN(Cc1nc2ccccc2s1)C(=O)C1=CC=CN2CCS(=O)(=O)N=C12. The highest BCUT2D eigenvalue weighted by Gasteiger charge is 2.31. The molecule has 7 nitrogen and oxygen atoms in total. The van der Waals surface area contributed by atoms with Crippen molar-refractivity contribution < 1.29 is 13.2 Å². The van der Waals surface area contributed by atoms with Crippen LogP contribution in [0.2, 0.25) is 0 Å².